The van der Waals surface area contributed by atoms with E-state index < -0.39 is 0 Å². The second-order valence-electron chi connectivity index (χ2n) is 12.8. The molecule has 0 unspecified atom stereocenters. The highest BCUT2D eigenvalue weighted by Gasteiger charge is 2.04. The summed E-state index contributed by atoms with van der Waals surface area (Å²) < 4.78 is 5.83. The Balaban J connectivity index is 3.24. The maximum Gasteiger partial charge on any atom is 0.230 e. The molecule has 0 atom stereocenters. The van der Waals surface area contributed by atoms with Crippen LogP contribution in [-0.2, 0) is 9.59 Å². The molecule has 0 heterocycles. The van der Waals surface area contributed by atoms with Gasteiger partial charge in [0, 0.05) is 64.3 Å². The summed E-state index contributed by atoms with van der Waals surface area (Å²) in [6.45, 7) is 4.56. The first-order valence-electron chi connectivity index (χ1n) is 19.1. The lowest BCUT2D eigenvalue weighted by molar-refractivity contribution is -0.120. The lowest BCUT2D eigenvalue weighted by Crippen LogP contribution is -2.13. The van der Waals surface area contributed by atoms with Gasteiger partial charge < -0.3 is 0 Å². The van der Waals surface area contributed by atoms with Crippen LogP contribution < -0.4 is 9.44 Å². The van der Waals surface area contributed by atoms with Crippen LogP contribution in [0.25, 0.3) is 0 Å². The maximum atomic E-state index is 12.0. The van der Waals surface area contributed by atoms with Crippen molar-refractivity contribution in [1.82, 2.24) is 9.44 Å². The van der Waals surface area contributed by atoms with E-state index in [0.29, 0.717) is 12.8 Å². The van der Waals surface area contributed by atoms with Gasteiger partial charge in [0.05, 0.1) is 0 Å². The fourth-order valence-corrected chi connectivity index (χ4v) is 12.4. The number of unbranched alkanes of at least 4 members (excludes halogenated alkanes) is 28. The zero-order chi connectivity index (χ0) is 32.7. The Labute approximate surface area is 299 Å². The Hall–Kier alpha value is 0.690. The predicted octanol–water partition coefficient (Wildman–Crippen LogP) is 14.9. The van der Waals surface area contributed by atoms with Gasteiger partial charge in [-0.1, -0.05) is 194 Å². The summed E-state index contributed by atoms with van der Waals surface area (Å²) in [4.78, 5) is 24.0. The van der Waals surface area contributed by atoms with Crippen LogP contribution in [0.1, 0.15) is 219 Å². The number of carbonyl (C=O) groups is 2. The Morgan fingerprint density at radius 1 is 0.333 bits per heavy atom. The van der Waals surface area contributed by atoms with Crippen LogP contribution in [0.2, 0.25) is 0 Å². The Bertz CT molecular complexity index is 566. The van der Waals surface area contributed by atoms with Gasteiger partial charge in [-0.25, -0.2) is 0 Å². The minimum Gasteiger partial charge on any atom is -0.290 e. The van der Waals surface area contributed by atoms with Crippen LogP contribution in [0, 0.1) is 0 Å². The molecule has 0 fully saturated rings. The van der Waals surface area contributed by atoms with E-state index >= 15 is 0 Å². The molecular weight excluding hydrogens is 653 g/mol. The number of amides is 2. The van der Waals surface area contributed by atoms with E-state index in [9.17, 15) is 9.59 Å². The number of nitrogens with one attached hydrogen (secondary N) is 2. The van der Waals surface area contributed by atoms with E-state index in [-0.39, 0.29) is 11.8 Å². The SMILES string of the molecule is CCCCCCCCCCCCCCCCCC(=O)NSSSSSNC(=O)CCCCCCCCCCCCCCCCC. The zero-order valence-corrected chi connectivity index (χ0v) is 33.6. The molecule has 0 aliphatic heterocycles. The standard InChI is InChI=1S/C36H72N2O2S5/c1-3-5-7-9-11-13-15-17-19-21-23-25-27-29-31-33-35(39)37-41-43-45-44-42-38-36(40)34-32-30-28-26-24-22-20-18-16-14-12-10-8-6-4-2/h3-34H2,1-2H3,(H,37,39)(H,38,40). The molecular formula is C36H72N2O2S5. The second-order valence-corrected chi connectivity index (χ2v) is 19.9. The van der Waals surface area contributed by atoms with Crippen molar-refractivity contribution in [1.29, 1.82) is 0 Å². The van der Waals surface area contributed by atoms with Crippen molar-refractivity contribution in [2.45, 2.75) is 219 Å². The van der Waals surface area contributed by atoms with E-state index in [0.717, 1.165) is 25.7 Å². The van der Waals surface area contributed by atoms with Gasteiger partial charge in [0.25, 0.3) is 0 Å². The first kappa shape index (κ1) is 45.7. The summed E-state index contributed by atoms with van der Waals surface area (Å²) in [5.74, 6) is 0.245. The van der Waals surface area contributed by atoms with Crippen molar-refractivity contribution >= 4 is 63.3 Å². The van der Waals surface area contributed by atoms with E-state index in [1.165, 1.54) is 209 Å². The third-order valence-electron chi connectivity index (χ3n) is 8.45. The van der Waals surface area contributed by atoms with Crippen molar-refractivity contribution in [3.8, 4) is 0 Å². The monoisotopic (exact) mass is 724 g/mol. The van der Waals surface area contributed by atoms with Crippen LogP contribution in [0.4, 0.5) is 0 Å². The van der Waals surface area contributed by atoms with Gasteiger partial charge in [0.15, 0.2) is 0 Å². The van der Waals surface area contributed by atoms with Crippen molar-refractivity contribution in [3.63, 3.8) is 0 Å². The van der Waals surface area contributed by atoms with Gasteiger partial charge in [-0.15, -0.1) is 0 Å². The van der Waals surface area contributed by atoms with Gasteiger partial charge in [-0.05, 0) is 12.8 Å². The molecule has 2 amide bonds. The van der Waals surface area contributed by atoms with Crippen LogP contribution >= 0.6 is 51.4 Å². The minimum atomic E-state index is 0.122. The maximum absolute atomic E-state index is 12.0. The molecule has 45 heavy (non-hydrogen) atoms. The summed E-state index contributed by atoms with van der Waals surface area (Å²) in [5.41, 5.74) is 0. The topological polar surface area (TPSA) is 58.2 Å². The summed E-state index contributed by atoms with van der Waals surface area (Å²) in [5, 5.41) is 0. The highest BCUT2D eigenvalue weighted by molar-refractivity contribution is 9.35. The molecule has 0 rings (SSSR count). The molecule has 0 aliphatic rings. The Kier molecular flexibility index (Phi) is 41.5. The number of carbonyl (C=O) groups excluding carboxylic acids is 2. The predicted molar refractivity (Wildman–Crippen MR) is 213 cm³/mol. The minimum absolute atomic E-state index is 0.122. The Morgan fingerprint density at radius 2 is 0.556 bits per heavy atom. The van der Waals surface area contributed by atoms with Gasteiger partial charge in [-0.3, -0.25) is 19.0 Å². The number of hydrogen-bond acceptors (Lipinski definition) is 7. The molecule has 0 aliphatic carbocycles. The quantitative estimate of drug-likeness (QED) is 0.0373. The molecule has 0 aromatic rings. The molecule has 0 aromatic carbocycles. The molecule has 0 aromatic heterocycles. The fraction of sp³-hybridized carbons (Fsp3) is 0.944. The van der Waals surface area contributed by atoms with Crippen molar-refractivity contribution in [3.05, 3.63) is 0 Å². The molecule has 0 spiro atoms. The van der Waals surface area contributed by atoms with Crippen LogP contribution in [0.15, 0.2) is 0 Å². The van der Waals surface area contributed by atoms with Crippen molar-refractivity contribution in [2.75, 3.05) is 0 Å². The molecule has 4 nitrogen and oxygen atoms in total. The fourth-order valence-electron chi connectivity index (χ4n) is 5.58. The summed E-state index contributed by atoms with van der Waals surface area (Å²) >= 11 is 0. The largest absolute Gasteiger partial charge is 0.290 e. The van der Waals surface area contributed by atoms with E-state index in [1.54, 1.807) is 9.83 Å². The van der Waals surface area contributed by atoms with E-state index in [2.05, 4.69) is 23.3 Å². The van der Waals surface area contributed by atoms with Crippen molar-refractivity contribution < 1.29 is 9.59 Å². The average Bonchev–Trinajstić information content (AvgIpc) is 3.04. The second kappa shape index (κ2) is 40.9. The summed E-state index contributed by atoms with van der Waals surface area (Å²) in [6.07, 6.45) is 41.5. The molecule has 0 saturated carbocycles. The molecule has 0 bridgehead atoms. The number of rotatable bonds is 38. The number of hydrogen-bond donors (Lipinski definition) is 2. The van der Waals surface area contributed by atoms with Crippen LogP contribution in [0.5, 0.6) is 0 Å². The molecule has 268 valence electrons. The lowest BCUT2D eigenvalue weighted by Gasteiger charge is -2.05. The van der Waals surface area contributed by atoms with Gasteiger partial charge in [-0.2, -0.15) is 0 Å². The van der Waals surface area contributed by atoms with Gasteiger partial charge in [0.1, 0.15) is 0 Å². The molecule has 2 N–H and O–H groups in total. The summed E-state index contributed by atoms with van der Waals surface area (Å²) in [6, 6.07) is 0. The zero-order valence-electron chi connectivity index (χ0n) is 29.5. The van der Waals surface area contributed by atoms with Crippen LogP contribution in [-0.4, -0.2) is 11.8 Å². The smallest absolute Gasteiger partial charge is 0.230 e. The lowest BCUT2D eigenvalue weighted by atomic mass is 10.0. The van der Waals surface area contributed by atoms with E-state index in [4.69, 9.17) is 0 Å². The molecule has 0 saturated heterocycles. The normalized spacial score (nSPS) is 11.2. The molecule has 9 heteroatoms. The van der Waals surface area contributed by atoms with Gasteiger partial charge >= 0.3 is 0 Å². The van der Waals surface area contributed by atoms with Crippen LogP contribution in [0.3, 0.4) is 0 Å². The highest BCUT2D eigenvalue weighted by atomic mass is 33.8. The first-order chi connectivity index (χ1) is 22.2. The summed E-state index contributed by atoms with van der Waals surface area (Å²) in [7, 11) is 7.37. The van der Waals surface area contributed by atoms with Crippen molar-refractivity contribution in [2.24, 2.45) is 0 Å². The first-order valence-corrected chi connectivity index (χ1v) is 25.3. The Morgan fingerprint density at radius 3 is 0.800 bits per heavy atom. The third kappa shape index (κ3) is 40.8. The third-order valence-corrected chi connectivity index (χ3v) is 15.8. The highest BCUT2D eigenvalue weighted by Crippen LogP contribution is 2.46. The van der Waals surface area contributed by atoms with Gasteiger partial charge in [0.2, 0.25) is 11.8 Å². The van der Waals surface area contributed by atoms with E-state index in [1.807, 2.05) is 0 Å². The molecule has 0 radical (unpaired) electrons. The average molecular weight is 725 g/mol.